The molecule has 2 aromatic carbocycles. The second kappa shape index (κ2) is 10.4. The standard InChI is InChI=1S/C26H34N4O2/c1-6-20-14-16(2)13-18(4)24(20)30-25(31)21-11-12-23(17(3)15-21)27-19(5)28-26(32)29-22-9-7-8-10-22/h11-15,22H,6-10H2,1-5H3,(H,30,31)(H2,27,28,29,32). The van der Waals surface area contributed by atoms with Gasteiger partial charge in [0.15, 0.2) is 0 Å². The third kappa shape index (κ3) is 5.96. The van der Waals surface area contributed by atoms with Crippen molar-refractivity contribution in [1.29, 1.82) is 0 Å². The maximum absolute atomic E-state index is 12.9. The van der Waals surface area contributed by atoms with Crippen LogP contribution in [0.2, 0.25) is 0 Å². The van der Waals surface area contributed by atoms with Crippen molar-refractivity contribution in [2.24, 2.45) is 4.99 Å². The average molecular weight is 435 g/mol. The van der Waals surface area contributed by atoms with E-state index >= 15 is 0 Å². The van der Waals surface area contributed by atoms with Crippen LogP contribution in [0.15, 0.2) is 35.3 Å². The Kier molecular flexibility index (Phi) is 7.67. The Morgan fingerprint density at radius 1 is 1.03 bits per heavy atom. The Balaban J connectivity index is 1.68. The van der Waals surface area contributed by atoms with Crippen molar-refractivity contribution in [2.45, 2.75) is 72.8 Å². The molecule has 1 saturated carbocycles. The number of benzene rings is 2. The minimum absolute atomic E-state index is 0.143. The molecule has 0 aromatic heterocycles. The number of carbonyl (C=O) groups is 2. The SMILES string of the molecule is CCc1cc(C)cc(C)c1NC(=O)c1ccc(N=C(C)NC(=O)NC2CCCC2)c(C)c1. The highest BCUT2D eigenvalue weighted by Crippen LogP contribution is 2.25. The first-order valence-corrected chi connectivity index (χ1v) is 11.4. The zero-order valence-electron chi connectivity index (χ0n) is 19.8. The lowest BCUT2D eigenvalue weighted by Gasteiger charge is -2.15. The second-order valence-electron chi connectivity index (χ2n) is 8.70. The van der Waals surface area contributed by atoms with Gasteiger partial charge in [-0.05, 0) is 81.8 Å². The zero-order chi connectivity index (χ0) is 23.3. The molecule has 3 rings (SSSR count). The van der Waals surface area contributed by atoms with E-state index in [9.17, 15) is 9.59 Å². The Bertz CT molecular complexity index is 1040. The lowest BCUT2D eigenvalue weighted by molar-refractivity contribution is 0.102. The van der Waals surface area contributed by atoms with E-state index in [-0.39, 0.29) is 18.0 Å². The number of aliphatic imine (C=N–C) groups is 1. The summed E-state index contributed by atoms with van der Waals surface area (Å²) in [7, 11) is 0. The zero-order valence-corrected chi connectivity index (χ0v) is 19.8. The highest BCUT2D eigenvalue weighted by atomic mass is 16.2. The minimum Gasteiger partial charge on any atom is -0.335 e. The highest BCUT2D eigenvalue weighted by molar-refractivity contribution is 6.05. The number of nitrogens with one attached hydrogen (secondary N) is 3. The van der Waals surface area contributed by atoms with Gasteiger partial charge in [-0.1, -0.05) is 37.5 Å². The van der Waals surface area contributed by atoms with Gasteiger partial charge >= 0.3 is 6.03 Å². The number of amides is 3. The molecule has 0 radical (unpaired) electrons. The van der Waals surface area contributed by atoms with Gasteiger partial charge in [-0.15, -0.1) is 0 Å². The number of amidine groups is 1. The molecule has 0 spiro atoms. The first-order chi connectivity index (χ1) is 15.3. The molecule has 1 aliphatic carbocycles. The summed E-state index contributed by atoms with van der Waals surface area (Å²) in [5.74, 6) is 0.375. The molecule has 0 heterocycles. The van der Waals surface area contributed by atoms with Gasteiger partial charge in [-0.25, -0.2) is 9.79 Å². The second-order valence-corrected chi connectivity index (χ2v) is 8.70. The van der Waals surface area contributed by atoms with Gasteiger partial charge in [0.25, 0.3) is 5.91 Å². The lowest BCUT2D eigenvalue weighted by Crippen LogP contribution is -2.42. The van der Waals surface area contributed by atoms with E-state index < -0.39 is 0 Å². The third-order valence-corrected chi connectivity index (χ3v) is 5.91. The average Bonchev–Trinajstić information content (AvgIpc) is 3.23. The number of urea groups is 1. The Morgan fingerprint density at radius 3 is 2.41 bits per heavy atom. The summed E-state index contributed by atoms with van der Waals surface area (Å²) in [5, 5.41) is 8.87. The molecule has 170 valence electrons. The van der Waals surface area contributed by atoms with E-state index in [2.05, 4.69) is 46.9 Å². The largest absolute Gasteiger partial charge is 0.335 e. The van der Waals surface area contributed by atoms with Gasteiger partial charge in [0.05, 0.1) is 5.69 Å². The lowest BCUT2D eigenvalue weighted by atomic mass is 10.0. The molecule has 3 N–H and O–H groups in total. The third-order valence-electron chi connectivity index (χ3n) is 5.91. The molecule has 2 aromatic rings. The fourth-order valence-electron chi connectivity index (χ4n) is 4.29. The fraction of sp³-hybridized carbons (Fsp3) is 0.423. The van der Waals surface area contributed by atoms with Gasteiger partial charge in [0, 0.05) is 17.3 Å². The summed E-state index contributed by atoms with van der Waals surface area (Å²) in [6, 6.07) is 9.64. The van der Waals surface area contributed by atoms with Crippen LogP contribution < -0.4 is 16.0 Å². The highest BCUT2D eigenvalue weighted by Gasteiger charge is 2.17. The van der Waals surface area contributed by atoms with Crippen molar-refractivity contribution in [3.63, 3.8) is 0 Å². The van der Waals surface area contributed by atoms with Crippen LogP contribution in [0, 0.1) is 20.8 Å². The topological polar surface area (TPSA) is 82.6 Å². The summed E-state index contributed by atoms with van der Waals surface area (Å²) in [6.45, 7) is 9.85. The monoisotopic (exact) mass is 434 g/mol. The summed E-state index contributed by atoms with van der Waals surface area (Å²) in [5.41, 5.74) is 6.44. The molecule has 6 nitrogen and oxygen atoms in total. The molecular formula is C26H34N4O2. The van der Waals surface area contributed by atoms with Crippen LogP contribution in [0.25, 0.3) is 0 Å². The number of carbonyl (C=O) groups excluding carboxylic acids is 2. The molecule has 0 saturated heterocycles. The van der Waals surface area contributed by atoms with Gasteiger partial charge in [-0.3, -0.25) is 10.1 Å². The van der Waals surface area contributed by atoms with E-state index in [1.54, 1.807) is 13.0 Å². The number of hydrogen-bond acceptors (Lipinski definition) is 3. The number of aryl methyl sites for hydroxylation is 4. The molecule has 1 aliphatic rings. The van der Waals surface area contributed by atoms with Crippen LogP contribution in [0.3, 0.4) is 0 Å². The van der Waals surface area contributed by atoms with Crippen LogP contribution in [-0.4, -0.2) is 23.8 Å². The van der Waals surface area contributed by atoms with Crippen molar-refractivity contribution in [1.82, 2.24) is 10.6 Å². The molecule has 0 unspecified atom stereocenters. The first kappa shape index (κ1) is 23.5. The smallest absolute Gasteiger partial charge is 0.320 e. The molecule has 32 heavy (non-hydrogen) atoms. The Morgan fingerprint density at radius 2 is 1.75 bits per heavy atom. The molecule has 3 amide bonds. The van der Waals surface area contributed by atoms with Crippen LogP contribution >= 0.6 is 0 Å². The predicted molar refractivity (Wildman–Crippen MR) is 131 cm³/mol. The Labute approximate surface area is 190 Å². The van der Waals surface area contributed by atoms with Crippen LogP contribution in [0.1, 0.15) is 72.1 Å². The van der Waals surface area contributed by atoms with Crippen molar-refractivity contribution >= 4 is 29.1 Å². The quantitative estimate of drug-likeness (QED) is 0.415. The van der Waals surface area contributed by atoms with Gasteiger partial charge in [0.1, 0.15) is 5.84 Å². The molecule has 1 fully saturated rings. The van der Waals surface area contributed by atoms with Gasteiger partial charge < -0.3 is 10.6 Å². The van der Waals surface area contributed by atoms with Crippen molar-refractivity contribution in [3.8, 4) is 0 Å². The van der Waals surface area contributed by atoms with E-state index in [1.807, 2.05) is 26.0 Å². The molecule has 0 aliphatic heterocycles. The summed E-state index contributed by atoms with van der Waals surface area (Å²) >= 11 is 0. The van der Waals surface area contributed by atoms with E-state index in [1.165, 1.54) is 18.4 Å². The number of rotatable bonds is 5. The Hall–Kier alpha value is -3.15. The van der Waals surface area contributed by atoms with E-state index in [0.717, 1.165) is 47.3 Å². The summed E-state index contributed by atoms with van der Waals surface area (Å²) in [4.78, 5) is 29.6. The van der Waals surface area contributed by atoms with Gasteiger partial charge in [0.2, 0.25) is 0 Å². The number of anilines is 1. The van der Waals surface area contributed by atoms with Crippen molar-refractivity contribution < 1.29 is 9.59 Å². The number of nitrogens with zero attached hydrogens (tertiary/aromatic N) is 1. The van der Waals surface area contributed by atoms with Gasteiger partial charge in [-0.2, -0.15) is 0 Å². The van der Waals surface area contributed by atoms with Crippen LogP contribution in [0.4, 0.5) is 16.2 Å². The first-order valence-electron chi connectivity index (χ1n) is 11.4. The molecular weight excluding hydrogens is 400 g/mol. The molecule has 0 bridgehead atoms. The van der Waals surface area contributed by atoms with Crippen molar-refractivity contribution in [3.05, 3.63) is 58.1 Å². The van der Waals surface area contributed by atoms with Crippen molar-refractivity contribution in [2.75, 3.05) is 5.32 Å². The van der Waals surface area contributed by atoms with Crippen LogP contribution in [-0.2, 0) is 6.42 Å². The number of hydrogen-bond donors (Lipinski definition) is 3. The fourth-order valence-corrected chi connectivity index (χ4v) is 4.29. The van der Waals surface area contributed by atoms with E-state index in [4.69, 9.17) is 0 Å². The maximum Gasteiger partial charge on any atom is 0.320 e. The maximum atomic E-state index is 12.9. The predicted octanol–water partition coefficient (Wildman–Crippen LogP) is 5.72. The van der Waals surface area contributed by atoms with E-state index in [0.29, 0.717) is 11.4 Å². The molecule has 6 heteroatoms. The summed E-state index contributed by atoms with van der Waals surface area (Å²) in [6.07, 6.45) is 5.26. The normalized spacial score (nSPS) is 14.3. The molecule has 0 atom stereocenters. The summed E-state index contributed by atoms with van der Waals surface area (Å²) < 4.78 is 0. The minimum atomic E-state index is -0.216. The van der Waals surface area contributed by atoms with Crippen LogP contribution in [0.5, 0.6) is 0 Å².